The van der Waals surface area contributed by atoms with Crippen molar-refractivity contribution in [1.82, 2.24) is 0 Å². The van der Waals surface area contributed by atoms with Crippen LogP contribution in [0.15, 0.2) is 35.5 Å². The summed E-state index contributed by atoms with van der Waals surface area (Å²) in [7, 11) is 0. The molecule has 0 aromatic heterocycles. The van der Waals surface area contributed by atoms with Crippen LogP contribution in [0.5, 0.6) is 0 Å². The minimum Gasteiger partial charge on any atom is -0.393 e. The van der Waals surface area contributed by atoms with Crippen LogP contribution in [0.3, 0.4) is 0 Å². The Balaban J connectivity index is 1.95. The monoisotopic (exact) mass is 622 g/mol. The molecule has 244 valence electrons. The molecule has 0 saturated heterocycles. The molecule has 3 aliphatic rings. The lowest BCUT2D eigenvalue weighted by Crippen LogP contribution is -2.55. The minimum atomic E-state index is -6.01. The van der Waals surface area contributed by atoms with E-state index in [1.165, 1.54) is 0 Å². The number of fused-ring (bicyclic) bond motifs is 1. The van der Waals surface area contributed by atoms with Gasteiger partial charge in [-0.05, 0) is 105 Å². The molecule has 3 N–H and O–H groups in total. The van der Waals surface area contributed by atoms with E-state index in [0.29, 0.717) is 43.3 Å². The molecule has 3 aliphatic carbocycles. The molecule has 3 nitrogen and oxygen atoms in total. The number of alkyl halides is 7. The normalized spacial score (nSPS) is 32.4. The zero-order valence-corrected chi connectivity index (χ0v) is 25.4. The summed E-state index contributed by atoms with van der Waals surface area (Å²) in [5, 5.41) is 29.9. The number of allylic oxidation sites excluding steroid dienone is 4. The molecule has 0 radical (unpaired) electrons. The highest BCUT2D eigenvalue weighted by Gasteiger charge is 2.70. The first kappa shape index (κ1) is 35.6. The third-order valence-corrected chi connectivity index (χ3v) is 10.1. The van der Waals surface area contributed by atoms with Gasteiger partial charge in [0, 0.05) is 12.8 Å². The number of aliphatic hydroxyl groups excluding tert-OH is 1. The summed E-state index contributed by atoms with van der Waals surface area (Å²) < 4.78 is 94.1. The van der Waals surface area contributed by atoms with Gasteiger partial charge >= 0.3 is 18.0 Å². The highest BCUT2D eigenvalue weighted by Crippen LogP contribution is 2.63. The maximum atomic E-state index is 14.3. The number of hydrogen-bond acceptors (Lipinski definition) is 3. The van der Waals surface area contributed by atoms with Gasteiger partial charge in [0.2, 0.25) is 0 Å². The highest BCUT2D eigenvalue weighted by molar-refractivity contribution is 5.39. The molecular weight excluding hydrogens is 577 g/mol. The van der Waals surface area contributed by atoms with Gasteiger partial charge in [-0.25, -0.2) is 4.39 Å². The second-order valence-electron chi connectivity index (χ2n) is 14.1. The van der Waals surface area contributed by atoms with Gasteiger partial charge in [-0.15, -0.1) is 0 Å². The summed E-state index contributed by atoms with van der Waals surface area (Å²) in [6.45, 7) is 11.1. The summed E-state index contributed by atoms with van der Waals surface area (Å²) in [4.78, 5) is 0. The fraction of sp³-hybridized carbons (Fsp3) is 0.758. The molecule has 3 fully saturated rings. The Kier molecular flexibility index (Phi) is 10.4. The number of halogens is 7. The molecule has 0 aliphatic heterocycles. The topological polar surface area (TPSA) is 60.7 Å². The molecule has 10 heteroatoms. The van der Waals surface area contributed by atoms with Crippen LogP contribution in [0.1, 0.15) is 98.3 Å². The number of rotatable bonds is 7. The predicted molar refractivity (Wildman–Crippen MR) is 151 cm³/mol. The van der Waals surface area contributed by atoms with Crippen molar-refractivity contribution < 1.29 is 46.1 Å². The molecule has 0 bridgehead atoms. The van der Waals surface area contributed by atoms with Crippen LogP contribution < -0.4 is 0 Å². The van der Waals surface area contributed by atoms with E-state index in [-0.39, 0.29) is 30.1 Å². The van der Waals surface area contributed by atoms with E-state index >= 15 is 0 Å². The van der Waals surface area contributed by atoms with Crippen molar-refractivity contribution in [2.45, 2.75) is 134 Å². The van der Waals surface area contributed by atoms with Crippen molar-refractivity contribution in [3.8, 4) is 11.8 Å². The van der Waals surface area contributed by atoms with Crippen LogP contribution >= 0.6 is 0 Å². The van der Waals surface area contributed by atoms with Gasteiger partial charge in [-0.2, -0.15) is 26.3 Å². The maximum absolute atomic E-state index is 14.3. The first-order valence-electron chi connectivity index (χ1n) is 15.0. The van der Waals surface area contributed by atoms with Gasteiger partial charge in [0.25, 0.3) is 0 Å². The van der Waals surface area contributed by atoms with Crippen molar-refractivity contribution >= 4 is 0 Å². The van der Waals surface area contributed by atoms with E-state index in [1.54, 1.807) is 13.8 Å². The summed E-state index contributed by atoms with van der Waals surface area (Å²) in [5.41, 5.74) is -5.05. The molecule has 43 heavy (non-hydrogen) atoms. The quantitative estimate of drug-likeness (QED) is 0.198. The fourth-order valence-corrected chi connectivity index (χ4v) is 7.81. The maximum Gasteiger partial charge on any atom is 0.438 e. The molecule has 0 spiro atoms. The minimum absolute atomic E-state index is 0.0212. The Morgan fingerprint density at radius 3 is 2.21 bits per heavy atom. The Labute approximate surface area is 250 Å². The lowest BCUT2D eigenvalue weighted by molar-refractivity contribution is -0.343. The molecule has 0 heterocycles. The predicted octanol–water partition coefficient (Wildman–Crippen LogP) is 8.30. The van der Waals surface area contributed by atoms with Gasteiger partial charge in [0.05, 0.1) is 11.7 Å². The molecule has 3 saturated carbocycles. The first-order chi connectivity index (χ1) is 19.5. The molecular formula is C33H45F7O3. The summed E-state index contributed by atoms with van der Waals surface area (Å²) in [6.07, 6.45) is -5.02. The summed E-state index contributed by atoms with van der Waals surface area (Å²) >= 11 is 0. The van der Waals surface area contributed by atoms with Crippen molar-refractivity contribution in [1.29, 1.82) is 0 Å². The Bertz CT molecular complexity index is 1140. The number of hydrogen-bond donors (Lipinski definition) is 3. The van der Waals surface area contributed by atoms with Crippen LogP contribution in [-0.4, -0.2) is 51.1 Å². The standard InChI is InChI=1S/C33H45F7O3/c1-21-23(19-24(41)20-26(21)34)11-10-22-9-6-17-30(5)25(22)12-13-27(30)29(4,15-7-14-28(2,3)42)16-8-18-31(43,32(35,36)37)33(38,39)40/h10-11,24-27,41-43H,1,6-7,9,12-17,19-20H2,2-5H3/b22-10+,23-11-/t24-,25+,26+,27-,29-,30+/m1/s1. The molecule has 0 aromatic rings. The van der Waals surface area contributed by atoms with Crippen molar-refractivity contribution in [3.05, 3.63) is 35.5 Å². The molecule has 6 atom stereocenters. The smallest absolute Gasteiger partial charge is 0.393 e. The molecule has 0 unspecified atom stereocenters. The lowest BCUT2D eigenvalue weighted by atomic mass is 9.55. The first-order valence-corrected chi connectivity index (χ1v) is 15.0. The van der Waals surface area contributed by atoms with Crippen LogP contribution in [0.2, 0.25) is 0 Å². The van der Waals surface area contributed by atoms with E-state index in [1.807, 2.05) is 19.1 Å². The highest BCUT2D eigenvalue weighted by atomic mass is 19.4. The van der Waals surface area contributed by atoms with Gasteiger partial charge in [-0.1, -0.05) is 50.5 Å². The van der Waals surface area contributed by atoms with Crippen molar-refractivity contribution in [2.24, 2.45) is 22.7 Å². The molecule has 3 rings (SSSR count). The zero-order valence-electron chi connectivity index (χ0n) is 25.4. The SMILES string of the molecule is C=C1/C(=C\C=C2/CCC[C@]3(C)[C@@H]([C@@](C)(CC#CC(O)(C(F)(F)F)C(F)(F)F)CCCC(C)(C)O)CC[C@@H]23)C[C@@H](O)C[C@@H]1F. The lowest BCUT2D eigenvalue weighted by Gasteiger charge is -2.49. The molecule has 0 amide bonds. The summed E-state index contributed by atoms with van der Waals surface area (Å²) in [6, 6.07) is 0. The second kappa shape index (κ2) is 12.5. The average molecular weight is 623 g/mol. The van der Waals surface area contributed by atoms with Gasteiger partial charge in [0.1, 0.15) is 6.17 Å². The zero-order chi connectivity index (χ0) is 32.6. The van der Waals surface area contributed by atoms with Crippen LogP contribution in [0.4, 0.5) is 30.7 Å². The Hall–Kier alpha value is -1.83. The van der Waals surface area contributed by atoms with E-state index in [0.717, 1.165) is 37.2 Å². The van der Waals surface area contributed by atoms with Gasteiger partial charge < -0.3 is 15.3 Å². The van der Waals surface area contributed by atoms with E-state index < -0.39 is 41.2 Å². The number of aliphatic hydroxyl groups is 3. The molecule has 0 aromatic carbocycles. The third-order valence-electron chi connectivity index (χ3n) is 10.1. The van der Waals surface area contributed by atoms with Crippen LogP contribution in [-0.2, 0) is 0 Å². The largest absolute Gasteiger partial charge is 0.438 e. The third kappa shape index (κ3) is 7.70. The fourth-order valence-electron chi connectivity index (χ4n) is 7.81. The van der Waals surface area contributed by atoms with Gasteiger partial charge in [-0.3, -0.25) is 0 Å². The van der Waals surface area contributed by atoms with Gasteiger partial charge in [0.15, 0.2) is 0 Å². The summed E-state index contributed by atoms with van der Waals surface area (Å²) in [5.74, 6) is 3.28. The van der Waals surface area contributed by atoms with Crippen LogP contribution in [0.25, 0.3) is 0 Å². The average Bonchev–Trinajstić information content (AvgIpc) is 3.21. The van der Waals surface area contributed by atoms with Crippen molar-refractivity contribution in [2.75, 3.05) is 0 Å². The second-order valence-corrected chi connectivity index (χ2v) is 14.1. The van der Waals surface area contributed by atoms with E-state index in [2.05, 4.69) is 19.4 Å². The Morgan fingerprint density at radius 1 is 1.00 bits per heavy atom. The van der Waals surface area contributed by atoms with E-state index in [9.17, 15) is 46.1 Å². The Morgan fingerprint density at radius 2 is 1.63 bits per heavy atom. The van der Waals surface area contributed by atoms with Crippen molar-refractivity contribution in [3.63, 3.8) is 0 Å². The van der Waals surface area contributed by atoms with Crippen LogP contribution in [0, 0.1) is 34.5 Å². The van der Waals surface area contributed by atoms with E-state index in [4.69, 9.17) is 0 Å².